The average Bonchev–Trinajstić information content (AvgIpc) is 2.82. The molecule has 1 aromatic carbocycles. The average molecular weight is 315 g/mol. The number of benzene rings is 1. The third kappa shape index (κ3) is 4.22. The first-order valence-electron chi connectivity index (χ1n) is 6.03. The second kappa shape index (κ2) is 6.17. The second-order valence-corrected chi connectivity index (χ2v) is 5.19. The lowest BCUT2D eigenvalue weighted by Gasteiger charge is -2.13. The highest BCUT2D eigenvalue weighted by Crippen LogP contribution is 2.26. The maximum Gasteiger partial charge on any atom is 0.573 e. The number of aryl methyl sites for hydroxylation is 1. The van der Waals surface area contributed by atoms with Gasteiger partial charge < -0.3 is 10.1 Å². The fourth-order valence-electron chi connectivity index (χ4n) is 1.74. The van der Waals surface area contributed by atoms with Gasteiger partial charge in [0.1, 0.15) is 5.75 Å². The van der Waals surface area contributed by atoms with Crippen molar-refractivity contribution in [2.45, 2.75) is 19.8 Å². The summed E-state index contributed by atoms with van der Waals surface area (Å²) in [4.78, 5) is 12.5. The van der Waals surface area contributed by atoms with Crippen LogP contribution >= 0.6 is 11.3 Å². The molecule has 7 heteroatoms. The monoisotopic (exact) mass is 315 g/mol. The first kappa shape index (κ1) is 15.4. The van der Waals surface area contributed by atoms with Crippen molar-refractivity contribution >= 4 is 17.2 Å². The minimum absolute atomic E-state index is 0.0393. The number of rotatable bonds is 4. The van der Waals surface area contributed by atoms with Gasteiger partial charge in [0.15, 0.2) is 0 Å². The van der Waals surface area contributed by atoms with Crippen LogP contribution in [0, 0.1) is 6.92 Å². The van der Waals surface area contributed by atoms with Crippen LogP contribution < -0.4 is 10.1 Å². The SMILES string of the molecule is Cc1ccsc1C(=O)NCc1ccccc1OC(F)(F)F. The molecule has 2 rings (SSSR count). The summed E-state index contributed by atoms with van der Waals surface area (Å²) in [6.45, 7) is 1.76. The molecule has 1 amide bonds. The Balaban J connectivity index is 2.07. The van der Waals surface area contributed by atoms with Gasteiger partial charge in [-0.25, -0.2) is 0 Å². The zero-order chi connectivity index (χ0) is 15.5. The molecule has 1 N–H and O–H groups in total. The Labute approximate surface area is 123 Å². The van der Waals surface area contributed by atoms with Gasteiger partial charge in [0, 0.05) is 12.1 Å². The molecule has 0 atom stereocenters. The predicted octanol–water partition coefficient (Wildman–Crippen LogP) is 3.89. The second-order valence-electron chi connectivity index (χ2n) is 4.27. The number of thiophene rings is 1. The Morgan fingerprint density at radius 1 is 1.29 bits per heavy atom. The van der Waals surface area contributed by atoms with E-state index in [0.717, 1.165) is 5.56 Å². The lowest BCUT2D eigenvalue weighted by molar-refractivity contribution is -0.274. The standard InChI is InChI=1S/C14H12F3NO2S/c1-9-6-7-21-12(9)13(19)18-8-10-4-2-3-5-11(10)20-14(15,16)17/h2-7H,8H2,1H3,(H,18,19). The van der Waals surface area contributed by atoms with E-state index >= 15 is 0 Å². The molecular weight excluding hydrogens is 303 g/mol. The van der Waals surface area contributed by atoms with Gasteiger partial charge in [0.2, 0.25) is 0 Å². The zero-order valence-corrected chi connectivity index (χ0v) is 11.8. The summed E-state index contributed by atoms with van der Waals surface area (Å²) in [6.07, 6.45) is -4.76. The molecule has 0 spiro atoms. The van der Waals surface area contributed by atoms with E-state index in [1.54, 1.807) is 24.4 Å². The number of alkyl halides is 3. The summed E-state index contributed by atoms with van der Waals surface area (Å²) < 4.78 is 40.8. The fourth-order valence-corrected chi connectivity index (χ4v) is 2.58. The predicted molar refractivity (Wildman–Crippen MR) is 73.4 cm³/mol. The van der Waals surface area contributed by atoms with Crippen molar-refractivity contribution in [1.82, 2.24) is 5.32 Å². The molecule has 0 bridgehead atoms. The molecule has 0 saturated heterocycles. The van der Waals surface area contributed by atoms with Gasteiger partial charge in [-0.1, -0.05) is 18.2 Å². The van der Waals surface area contributed by atoms with Gasteiger partial charge in [0.05, 0.1) is 4.88 Å². The molecular formula is C14H12F3NO2S. The quantitative estimate of drug-likeness (QED) is 0.929. The van der Waals surface area contributed by atoms with Crippen LogP contribution in [0.3, 0.4) is 0 Å². The minimum atomic E-state index is -4.76. The summed E-state index contributed by atoms with van der Waals surface area (Å²) in [5.74, 6) is -0.627. The van der Waals surface area contributed by atoms with E-state index < -0.39 is 6.36 Å². The van der Waals surface area contributed by atoms with Crippen molar-refractivity contribution in [1.29, 1.82) is 0 Å². The Kier molecular flexibility index (Phi) is 4.52. The van der Waals surface area contributed by atoms with E-state index in [2.05, 4.69) is 10.1 Å². The van der Waals surface area contributed by atoms with E-state index in [1.807, 2.05) is 0 Å². The number of hydrogen-bond acceptors (Lipinski definition) is 3. The third-order valence-electron chi connectivity index (χ3n) is 2.71. The molecule has 0 aliphatic rings. The largest absolute Gasteiger partial charge is 0.573 e. The molecule has 0 unspecified atom stereocenters. The van der Waals surface area contributed by atoms with Crippen LogP contribution in [0.15, 0.2) is 35.7 Å². The molecule has 0 fully saturated rings. The molecule has 0 aliphatic heterocycles. The highest BCUT2D eigenvalue weighted by atomic mass is 32.1. The van der Waals surface area contributed by atoms with Crippen molar-refractivity contribution < 1.29 is 22.7 Å². The van der Waals surface area contributed by atoms with Crippen molar-refractivity contribution in [2.75, 3.05) is 0 Å². The Bertz CT molecular complexity index is 637. The molecule has 1 aromatic heterocycles. The minimum Gasteiger partial charge on any atom is -0.405 e. The number of para-hydroxylation sites is 1. The Morgan fingerprint density at radius 2 is 2.00 bits per heavy atom. The Morgan fingerprint density at radius 3 is 2.62 bits per heavy atom. The number of carbonyl (C=O) groups excluding carboxylic acids is 1. The smallest absolute Gasteiger partial charge is 0.405 e. The van der Waals surface area contributed by atoms with Gasteiger partial charge in [-0.15, -0.1) is 24.5 Å². The molecule has 112 valence electrons. The van der Waals surface area contributed by atoms with Crippen LogP contribution in [0.4, 0.5) is 13.2 Å². The highest BCUT2D eigenvalue weighted by Gasteiger charge is 2.32. The number of carbonyl (C=O) groups is 1. The van der Waals surface area contributed by atoms with Crippen LogP contribution in [-0.4, -0.2) is 12.3 Å². The lowest BCUT2D eigenvalue weighted by atomic mass is 10.2. The number of amides is 1. The molecule has 21 heavy (non-hydrogen) atoms. The summed E-state index contributed by atoms with van der Waals surface area (Å²) in [7, 11) is 0. The summed E-state index contributed by atoms with van der Waals surface area (Å²) in [6, 6.07) is 7.52. The maximum absolute atomic E-state index is 12.3. The number of hydrogen-bond donors (Lipinski definition) is 1. The fraction of sp³-hybridized carbons (Fsp3) is 0.214. The van der Waals surface area contributed by atoms with Crippen LogP contribution in [-0.2, 0) is 6.54 Å². The van der Waals surface area contributed by atoms with E-state index in [-0.39, 0.29) is 23.8 Å². The van der Waals surface area contributed by atoms with Crippen LogP contribution in [0.2, 0.25) is 0 Å². The highest BCUT2D eigenvalue weighted by molar-refractivity contribution is 7.12. The summed E-state index contributed by atoms with van der Waals surface area (Å²) in [5, 5.41) is 4.38. The van der Waals surface area contributed by atoms with Crippen LogP contribution in [0.5, 0.6) is 5.75 Å². The Hall–Kier alpha value is -2.02. The van der Waals surface area contributed by atoms with Crippen LogP contribution in [0.25, 0.3) is 0 Å². The van der Waals surface area contributed by atoms with Crippen molar-refractivity contribution in [2.24, 2.45) is 0 Å². The van der Waals surface area contributed by atoms with Gasteiger partial charge in [-0.3, -0.25) is 4.79 Å². The van der Waals surface area contributed by atoms with E-state index in [4.69, 9.17) is 0 Å². The van der Waals surface area contributed by atoms with E-state index in [9.17, 15) is 18.0 Å². The number of halogens is 3. The van der Waals surface area contributed by atoms with Gasteiger partial charge in [-0.05, 0) is 30.0 Å². The summed E-state index contributed by atoms with van der Waals surface area (Å²) >= 11 is 1.28. The molecule has 1 heterocycles. The topological polar surface area (TPSA) is 38.3 Å². The van der Waals surface area contributed by atoms with Crippen molar-refractivity contribution in [3.05, 3.63) is 51.7 Å². The first-order valence-corrected chi connectivity index (χ1v) is 6.91. The van der Waals surface area contributed by atoms with Crippen LogP contribution in [0.1, 0.15) is 20.8 Å². The number of nitrogens with one attached hydrogen (secondary N) is 1. The third-order valence-corrected chi connectivity index (χ3v) is 3.72. The van der Waals surface area contributed by atoms with Gasteiger partial charge >= 0.3 is 6.36 Å². The van der Waals surface area contributed by atoms with Gasteiger partial charge in [0.25, 0.3) is 5.91 Å². The zero-order valence-electron chi connectivity index (χ0n) is 11.0. The molecule has 3 nitrogen and oxygen atoms in total. The van der Waals surface area contributed by atoms with Crippen molar-refractivity contribution in [3.8, 4) is 5.75 Å². The van der Waals surface area contributed by atoms with E-state index in [0.29, 0.717) is 4.88 Å². The molecule has 0 saturated carbocycles. The van der Waals surface area contributed by atoms with Gasteiger partial charge in [-0.2, -0.15) is 0 Å². The lowest BCUT2D eigenvalue weighted by Crippen LogP contribution is -2.24. The van der Waals surface area contributed by atoms with E-state index in [1.165, 1.54) is 29.5 Å². The summed E-state index contributed by atoms with van der Waals surface area (Å²) in [5.41, 5.74) is 1.09. The normalized spacial score (nSPS) is 11.2. The molecule has 0 radical (unpaired) electrons. The molecule has 2 aromatic rings. The van der Waals surface area contributed by atoms with Crippen molar-refractivity contribution in [3.63, 3.8) is 0 Å². The maximum atomic E-state index is 12.3. The number of ether oxygens (including phenoxy) is 1. The molecule has 0 aliphatic carbocycles. The first-order chi connectivity index (χ1) is 9.87.